The average Bonchev–Trinajstić information content (AvgIpc) is 2.46. The first-order valence-electron chi connectivity index (χ1n) is 6.48. The number of halogens is 2. The van der Waals surface area contributed by atoms with Crippen molar-refractivity contribution < 1.29 is 9.18 Å². The predicted octanol–water partition coefficient (Wildman–Crippen LogP) is 3.89. The number of rotatable bonds is 3. The Hall–Kier alpha value is -2.07. The Morgan fingerprint density at radius 3 is 2.43 bits per heavy atom. The number of carbonyl (C=O) groups is 1. The van der Waals surface area contributed by atoms with Crippen molar-refractivity contribution in [1.82, 2.24) is 4.90 Å². The predicted molar refractivity (Wildman–Crippen MR) is 82.8 cm³/mol. The fourth-order valence-electron chi connectivity index (χ4n) is 2.06. The van der Waals surface area contributed by atoms with Crippen LogP contribution in [0.1, 0.15) is 28.9 Å². The van der Waals surface area contributed by atoms with Crippen LogP contribution in [0.3, 0.4) is 0 Å². The van der Waals surface area contributed by atoms with Crippen molar-refractivity contribution in [2.45, 2.75) is 13.0 Å². The standard InChI is InChI=1S/C16H16ClFN2O/c1-10(11-3-5-12(17)6-4-11)20(2)16(21)14-8-7-13(18)9-15(14)19/h3-10H,19H2,1-2H3. The fraction of sp³-hybridized carbons (Fsp3) is 0.188. The monoisotopic (exact) mass is 306 g/mol. The van der Waals surface area contributed by atoms with Crippen LogP contribution in [0.2, 0.25) is 5.02 Å². The molecular weight excluding hydrogens is 291 g/mol. The van der Waals surface area contributed by atoms with E-state index in [9.17, 15) is 9.18 Å². The quantitative estimate of drug-likeness (QED) is 0.874. The maximum Gasteiger partial charge on any atom is 0.256 e. The van der Waals surface area contributed by atoms with Crippen LogP contribution in [0, 0.1) is 5.82 Å². The van der Waals surface area contributed by atoms with Gasteiger partial charge in [0.25, 0.3) is 5.91 Å². The molecule has 0 saturated carbocycles. The van der Waals surface area contributed by atoms with Gasteiger partial charge >= 0.3 is 0 Å². The topological polar surface area (TPSA) is 46.3 Å². The molecule has 0 radical (unpaired) electrons. The van der Waals surface area contributed by atoms with Gasteiger partial charge < -0.3 is 10.6 Å². The van der Waals surface area contributed by atoms with Gasteiger partial charge in [-0.3, -0.25) is 4.79 Å². The van der Waals surface area contributed by atoms with Gasteiger partial charge in [-0.15, -0.1) is 0 Å². The lowest BCUT2D eigenvalue weighted by molar-refractivity contribution is 0.0743. The number of nitrogen functional groups attached to an aromatic ring is 1. The van der Waals surface area contributed by atoms with E-state index in [0.29, 0.717) is 10.6 Å². The molecule has 2 aromatic carbocycles. The summed E-state index contributed by atoms with van der Waals surface area (Å²) in [5.74, 6) is -0.715. The first kappa shape index (κ1) is 15.3. The molecule has 0 saturated heterocycles. The molecule has 0 aliphatic carbocycles. The summed E-state index contributed by atoms with van der Waals surface area (Å²) in [7, 11) is 1.68. The highest BCUT2D eigenvalue weighted by Gasteiger charge is 2.20. The summed E-state index contributed by atoms with van der Waals surface area (Å²) in [5, 5.41) is 0.641. The molecule has 1 unspecified atom stereocenters. The number of nitrogens with two attached hydrogens (primary N) is 1. The smallest absolute Gasteiger partial charge is 0.256 e. The maximum absolute atomic E-state index is 13.1. The molecule has 1 atom stereocenters. The average molecular weight is 307 g/mol. The molecule has 0 spiro atoms. The zero-order valence-corrected chi connectivity index (χ0v) is 12.6. The van der Waals surface area contributed by atoms with Crippen molar-refractivity contribution in [2.75, 3.05) is 12.8 Å². The normalized spacial score (nSPS) is 12.0. The fourth-order valence-corrected chi connectivity index (χ4v) is 2.19. The SMILES string of the molecule is CC(c1ccc(Cl)cc1)N(C)C(=O)c1ccc(F)cc1N. The van der Waals surface area contributed by atoms with Gasteiger partial charge in [-0.2, -0.15) is 0 Å². The first-order chi connectivity index (χ1) is 9.90. The van der Waals surface area contributed by atoms with Crippen molar-refractivity contribution in [2.24, 2.45) is 0 Å². The highest BCUT2D eigenvalue weighted by molar-refractivity contribution is 6.30. The molecule has 2 rings (SSSR count). The third-order valence-corrected chi connectivity index (χ3v) is 3.75. The van der Waals surface area contributed by atoms with E-state index < -0.39 is 5.82 Å². The Kier molecular flexibility index (Phi) is 4.48. The van der Waals surface area contributed by atoms with Crippen LogP contribution < -0.4 is 5.73 Å². The lowest BCUT2D eigenvalue weighted by Crippen LogP contribution is -2.30. The molecular formula is C16H16ClFN2O. The molecule has 0 aromatic heterocycles. The van der Waals surface area contributed by atoms with Crippen LogP contribution in [0.15, 0.2) is 42.5 Å². The molecule has 0 fully saturated rings. The molecule has 21 heavy (non-hydrogen) atoms. The van der Waals surface area contributed by atoms with Crippen molar-refractivity contribution >= 4 is 23.2 Å². The number of hydrogen-bond donors (Lipinski definition) is 1. The summed E-state index contributed by atoms with van der Waals surface area (Å²) in [4.78, 5) is 14.0. The Bertz CT molecular complexity index is 658. The van der Waals surface area contributed by atoms with E-state index in [1.54, 1.807) is 24.1 Å². The number of anilines is 1. The van der Waals surface area contributed by atoms with E-state index in [-0.39, 0.29) is 17.6 Å². The van der Waals surface area contributed by atoms with Crippen LogP contribution in [-0.4, -0.2) is 17.9 Å². The molecule has 0 bridgehead atoms. The molecule has 1 amide bonds. The molecule has 2 aromatic rings. The lowest BCUT2D eigenvalue weighted by atomic mass is 10.1. The van der Waals surface area contributed by atoms with Gasteiger partial charge in [0, 0.05) is 17.8 Å². The van der Waals surface area contributed by atoms with Gasteiger partial charge in [0.15, 0.2) is 0 Å². The first-order valence-corrected chi connectivity index (χ1v) is 6.85. The maximum atomic E-state index is 13.1. The van der Waals surface area contributed by atoms with Crippen LogP contribution >= 0.6 is 11.6 Å². The molecule has 5 heteroatoms. The molecule has 3 nitrogen and oxygen atoms in total. The minimum Gasteiger partial charge on any atom is -0.398 e. The second-order valence-corrected chi connectivity index (χ2v) is 5.31. The molecule has 110 valence electrons. The van der Waals surface area contributed by atoms with E-state index in [1.165, 1.54) is 12.1 Å². The Balaban J connectivity index is 2.24. The molecule has 0 heterocycles. The van der Waals surface area contributed by atoms with Crippen molar-refractivity contribution in [3.05, 3.63) is 64.4 Å². The number of benzene rings is 2. The van der Waals surface area contributed by atoms with Crippen LogP contribution in [0.5, 0.6) is 0 Å². The largest absolute Gasteiger partial charge is 0.398 e. The minimum atomic E-state index is -0.461. The molecule has 0 aliphatic rings. The second kappa shape index (κ2) is 6.14. The van der Waals surface area contributed by atoms with E-state index in [2.05, 4.69) is 0 Å². The van der Waals surface area contributed by atoms with Gasteiger partial charge in [0.05, 0.1) is 11.6 Å². The molecule has 2 N–H and O–H groups in total. The van der Waals surface area contributed by atoms with Gasteiger partial charge in [-0.25, -0.2) is 4.39 Å². The highest BCUT2D eigenvalue weighted by atomic mass is 35.5. The number of nitrogens with zero attached hydrogens (tertiary/aromatic N) is 1. The summed E-state index contributed by atoms with van der Waals surface area (Å²) in [6.07, 6.45) is 0. The van der Waals surface area contributed by atoms with E-state index in [0.717, 1.165) is 11.6 Å². The summed E-state index contributed by atoms with van der Waals surface area (Å²) < 4.78 is 13.1. The van der Waals surface area contributed by atoms with Crippen LogP contribution in [-0.2, 0) is 0 Å². The lowest BCUT2D eigenvalue weighted by Gasteiger charge is -2.26. The summed E-state index contributed by atoms with van der Waals surface area (Å²) in [6.45, 7) is 1.90. The number of carbonyl (C=O) groups excluding carboxylic acids is 1. The summed E-state index contributed by atoms with van der Waals surface area (Å²) >= 11 is 5.86. The van der Waals surface area contributed by atoms with Crippen molar-refractivity contribution in [3.8, 4) is 0 Å². The zero-order valence-electron chi connectivity index (χ0n) is 11.8. The highest BCUT2D eigenvalue weighted by Crippen LogP contribution is 2.24. The third-order valence-electron chi connectivity index (χ3n) is 3.50. The van der Waals surface area contributed by atoms with Crippen molar-refractivity contribution in [1.29, 1.82) is 0 Å². The van der Waals surface area contributed by atoms with Gasteiger partial charge in [0.2, 0.25) is 0 Å². The Labute approximate surface area is 128 Å². The minimum absolute atomic E-state index is 0.134. The van der Waals surface area contributed by atoms with E-state index in [4.69, 9.17) is 17.3 Å². The van der Waals surface area contributed by atoms with Gasteiger partial charge in [-0.05, 0) is 42.8 Å². The Morgan fingerprint density at radius 1 is 1.24 bits per heavy atom. The Morgan fingerprint density at radius 2 is 1.86 bits per heavy atom. The summed E-state index contributed by atoms with van der Waals surface area (Å²) in [6, 6.07) is 10.9. The zero-order chi connectivity index (χ0) is 15.6. The number of amides is 1. The molecule has 0 aliphatic heterocycles. The summed E-state index contributed by atoms with van der Waals surface area (Å²) in [5.41, 5.74) is 7.09. The van der Waals surface area contributed by atoms with Crippen molar-refractivity contribution in [3.63, 3.8) is 0 Å². The van der Waals surface area contributed by atoms with Gasteiger partial charge in [0.1, 0.15) is 5.82 Å². The third kappa shape index (κ3) is 3.34. The van der Waals surface area contributed by atoms with Crippen LogP contribution in [0.25, 0.3) is 0 Å². The van der Waals surface area contributed by atoms with Gasteiger partial charge in [-0.1, -0.05) is 23.7 Å². The second-order valence-electron chi connectivity index (χ2n) is 4.88. The number of hydrogen-bond acceptors (Lipinski definition) is 2. The van der Waals surface area contributed by atoms with Crippen LogP contribution in [0.4, 0.5) is 10.1 Å². The van der Waals surface area contributed by atoms with E-state index in [1.807, 2.05) is 19.1 Å². The van der Waals surface area contributed by atoms with E-state index >= 15 is 0 Å².